The standard InChI is InChI=1S/C13H22N6O/c1-4-20-7-5-6-14-13-16-11(2)8-19(13)9-12-17-15-10-18(12)3/h8,10H,4-7,9H2,1-3H3,(H,14,16). The van der Waals surface area contributed by atoms with Gasteiger partial charge in [0.1, 0.15) is 6.33 Å². The molecular weight excluding hydrogens is 256 g/mol. The molecule has 0 aliphatic heterocycles. The van der Waals surface area contributed by atoms with E-state index in [1.54, 1.807) is 6.33 Å². The molecule has 1 N–H and O–H groups in total. The van der Waals surface area contributed by atoms with Crippen LogP contribution in [0.2, 0.25) is 0 Å². The minimum absolute atomic E-state index is 0.658. The van der Waals surface area contributed by atoms with E-state index in [0.717, 1.165) is 43.6 Å². The van der Waals surface area contributed by atoms with Crippen LogP contribution in [0, 0.1) is 6.92 Å². The van der Waals surface area contributed by atoms with E-state index in [1.807, 2.05) is 31.7 Å². The van der Waals surface area contributed by atoms with Crippen LogP contribution >= 0.6 is 0 Å². The van der Waals surface area contributed by atoms with Crippen LogP contribution in [-0.4, -0.2) is 44.1 Å². The monoisotopic (exact) mass is 278 g/mol. The highest BCUT2D eigenvalue weighted by molar-refractivity contribution is 5.29. The normalized spacial score (nSPS) is 10.9. The molecule has 0 aromatic carbocycles. The van der Waals surface area contributed by atoms with E-state index in [4.69, 9.17) is 4.74 Å². The molecule has 0 amide bonds. The van der Waals surface area contributed by atoms with Gasteiger partial charge in [0.25, 0.3) is 0 Å². The Kier molecular flexibility index (Phi) is 5.11. The number of nitrogens with one attached hydrogen (secondary N) is 1. The molecule has 0 unspecified atom stereocenters. The lowest BCUT2D eigenvalue weighted by molar-refractivity contribution is 0.147. The van der Waals surface area contributed by atoms with Gasteiger partial charge in [-0.25, -0.2) is 4.98 Å². The van der Waals surface area contributed by atoms with Crippen LogP contribution in [0.5, 0.6) is 0 Å². The lowest BCUT2D eigenvalue weighted by atomic mass is 10.4. The fraction of sp³-hybridized carbons (Fsp3) is 0.615. The zero-order chi connectivity index (χ0) is 14.4. The van der Waals surface area contributed by atoms with E-state index in [2.05, 4.69) is 25.1 Å². The van der Waals surface area contributed by atoms with Gasteiger partial charge < -0.3 is 19.2 Å². The molecule has 0 fully saturated rings. The number of hydrogen-bond acceptors (Lipinski definition) is 5. The number of nitrogens with zero attached hydrogens (tertiary/aromatic N) is 5. The van der Waals surface area contributed by atoms with Gasteiger partial charge in [-0.05, 0) is 20.3 Å². The van der Waals surface area contributed by atoms with Crippen molar-refractivity contribution in [3.63, 3.8) is 0 Å². The molecule has 0 bridgehead atoms. The molecule has 0 aliphatic carbocycles. The maximum atomic E-state index is 5.32. The molecule has 0 spiro atoms. The summed E-state index contributed by atoms with van der Waals surface area (Å²) in [4.78, 5) is 4.49. The van der Waals surface area contributed by atoms with Crippen LogP contribution in [0.4, 0.5) is 5.95 Å². The summed E-state index contributed by atoms with van der Waals surface area (Å²) in [5.74, 6) is 1.77. The molecule has 2 aromatic heterocycles. The first kappa shape index (κ1) is 14.5. The van der Waals surface area contributed by atoms with Gasteiger partial charge in [0.05, 0.1) is 12.2 Å². The van der Waals surface area contributed by atoms with Crippen molar-refractivity contribution in [2.24, 2.45) is 7.05 Å². The highest BCUT2D eigenvalue weighted by Crippen LogP contribution is 2.10. The van der Waals surface area contributed by atoms with Crippen LogP contribution in [0.3, 0.4) is 0 Å². The largest absolute Gasteiger partial charge is 0.382 e. The summed E-state index contributed by atoms with van der Waals surface area (Å²) in [6.45, 7) is 7.02. The second-order valence-electron chi connectivity index (χ2n) is 4.67. The molecule has 2 rings (SSSR count). The van der Waals surface area contributed by atoms with Crippen LogP contribution in [0.25, 0.3) is 0 Å². The molecule has 0 aliphatic rings. The second kappa shape index (κ2) is 7.04. The highest BCUT2D eigenvalue weighted by atomic mass is 16.5. The molecular formula is C13H22N6O. The minimum Gasteiger partial charge on any atom is -0.382 e. The van der Waals surface area contributed by atoms with Crippen molar-refractivity contribution in [3.8, 4) is 0 Å². The Morgan fingerprint density at radius 1 is 1.40 bits per heavy atom. The number of aryl methyl sites for hydroxylation is 2. The highest BCUT2D eigenvalue weighted by Gasteiger charge is 2.08. The SMILES string of the molecule is CCOCCCNc1nc(C)cn1Cc1nncn1C. The number of rotatable bonds is 8. The van der Waals surface area contributed by atoms with E-state index in [0.29, 0.717) is 6.54 Å². The second-order valence-corrected chi connectivity index (χ2v) is 4.67. The van der Waals surface area contributed by atoms with E-state index in [-0.39, 0.29) is 0 Å². The fourth-order valence-electron chi connectivity index (χ4n) is 1.93. The molecule has 7 heteroatoms. The van der Waals surface area contributed by atoms with Crippen LogP contribution < -0.4 is 5.32 Å². The molecule has 0 saturated heterocycles. The van der Waals surface area contributed by atoms with Gasteiger partial charge in [0.2, 0.25) is 5.95 Å². The molecule has 0 radical (unpaired) electrons. The third kappa shape index (κ3) is 3.80. The van der Waals surface area contributed by atoms with Crippen molar-refractivity contribution in [1.29, 1.82) is 0 Å². The van der Waals surface area contributed by atoms with Gasteiger partial charge in [-0.2, -0.15) is 0 Å². The van der Waals surface area contributed by atoms with Crippen molar-refractivity contribution < 1.29 is 4.74 Å². The molecule has 2 aromatic rings. The summed E-state index contributed by atoms with van der Waals surface area (Å²) in [7, 11) is 1.94. The van der Waals surface area contributed by atoms with Gasteiger partial charge in [0, 0.05) is 33.0 Å². The topological polar surface area (TPSA) is 69.8 Å². The molecule has 0 atom stereocenters. The predicted molar refractivity (Wildman–Crippen MR) is 76.7 cm³/mol. The van der Waals surface area contributed by atoms with Crippen molar-refractivity contribution >= 4 is 5.95 Å². The van der Waals surface area contributed by atoms with E-state index in [9.17, 15) is 0 Å². The Balaban J connectivity index is 1.94. The van der Waals surface area contributed by atoms with Gasteiger partial charge >= 0.3 is 0 Å². The summed E-state index contributed by atoms with van der Waals surface area (Å²) in [5.41, 5.74) is 0.986. The number of anilines is 1. The van der Waals surface area contributed by atoms with Gasteiger partial charge in [-0.3, -0.25) is 0 Å². The number of ether oxygens (including phenoxy) is 1. The first-order valence-electron chi connectivity index (χ1n) is 6.89. The molecule has 20 heavy (non-hydrogen) atoms. The maximum Gasteiger partial charge on any atom is 0.203 e. The number of hydrogen-bond donors (Lipinski definition) is 1. The summed E-state index contributed by atoms with van der Waals surface area (Å²) in [5, 5.41) is 11.3. The first-order chi connectivity index (χ1) is 9.70. The van der Waals surface area contributed by atoms with Crippen LogP contribution in [-0.2, 0) is 18.3 Å². The molecule has 7 nitrogen and oxygen atoms in total. The third-order valence-corrected chi connectivity index (χ3v) is 2.97. The maximum absolute atomic E-state index is 5.32. The average Bonchev–Trinajstić information content (AvgIpc) is 2.97. The summed E-state index contributed by atoms with van der Waals surface area (Å²) >= 11 is 0. The lowest BCUT2D eigenvalue weighted by Crippen LogP contribution is -2.12. The van der Waals surface area contributed by atoms with E-state index in [1.165, 1.54) is 0 Å². The number of aromatic nitrogens is 5. The zero-order valence-corrected chi connectivity index (χ0v) is 12.3. The molecule has 110 valence electrons. The average molecular weight is 278 g/mol. The Hall–Kier alpha value is -1.89. The fourth-order valence-corrected chi connectivity index (χ4v) is 1.93. The van der Waals surface area contributed by atoms with Crippen molar-refractivity contribution in [2.75, 3.05) is 25.1 Å². The summed E-state index contributed by atoms with van der Waals surface area (Å²) < 4.78 is 9.29. The van der Waals surface area contributed by atoms with E-state index >= 15 is 0 Å². The summed E-state index contributed by atoms with van der Waals surface area (Å²) in [6, 6.07) is 0. The Labute approximate surface area is 119 Å². The van der Waals surface area contributed by atoms with Crippen molar-refractivity contribution in [2.45, 2.75) is 26.8 Å². The first-order valence-corrected chi connectivity index (χ1v) is 6.89. The zero-order valence-electron chi connectivity index (χ0n) is 12.3. The Morgan fingerprint density at radius 2 is 2.25 bits per heavy atom. The van der Waals surface area contributed by atoms with Gasteiger partial charge in [0.15, 0.2) is 5.82 Å². The number of imidazole rings is 1. The minimum atomic E-state index is 0.658. The molecule has 0 saturated carbocycles. The van der Waals surface area contributed by atoms with Crippen molar-refractivity contribution in [3.05, 3.63) is 24.0 Å². The van der Waals surface area contributed by atoms with Crippen molar-refractivity contribution in [1.82, 2.24) is 24.3 Å². The Bertz CT molecular complexity index is 533. The van der Waals surface area contributed by atoms with Gasteiger partial charge in [-0.15, -0.1) is 10.2 Å². The van der Waals surface area contributed by atoms with Crippen LogP contribution in [0.15, 0.2) is 12.5 Å². The Morgan fingerprint density at radius 3 is 2.95 bits per heavy atom. The lowest BCUT2D eigenvalue weighted by Gasteiger charge is -2.09. The smallest absolute Gasteiger partial charge is 0.203 e. The van der Waals surface area contributed by atoms with Crippen LogP contribution in [0.1, 0.15) is 24.9 Å². The predicted octanol–water partition coefficient (Wildman–Crippen LogP) is 1.21. The van der Waals surface area contributed by atoms with E-state index < -0.39 is 0 Å². The quantitative estimate of drug-likeness (QED) is 0.735. The third-order valence-electron chi connectivity index (χ3n) is 2.97. The summed E-state index contributed by atoms with van der Waals surface area (Å²) in [6.07, 6.45) is 4.68. The molecule has 2 heterocycles. The van der Waals surface area contributed by atoms with Gasteiger partial charge in [-0.1, -0.05) is 0 Å².